The average molecular weight is 312 g/mol. The van der Waals surface area contributed by atoms with Crippen LogP contribution < -0.4 is 5.32 Å². The van der Waals surface area contributed by atoms with Crippen LogP contribution in [0.1, 0.15) is 11.3 Å². The molecule has 19 heavy (non-hydrogen) atoms. The summed E-state index contributed by atoms with van der Waals surface area (Å²) in [6.45, 7) is 0.326. The minimum Gasteiger partial charge on any atom is -0.359 e. The molecule has 0 aromatic carbocycles. The third-order valence-electron chi connectivity index (χ3n) is 2.53. The van der Waals surface area contributed by atoms with Crippen LogP contribution in [0, 0.1) is 0 Å². The molecule has 0 spiro atoms. The Balaban J connectivity index is 2.06. The van der Waals surface area contributed by atoms with Gasteiger partial charge in [0.1, 0.15) is 4.32 Å². The zero-order chi connectivity index (χ0) is 13.8. The highest BCUT2D eigenvalue weighted by molar-refractivity contribution is 8.26. The number of carbonyl (C=O) groups excluding carboxylic acids is 2. The smallest absolute Gasteiger partial charge is 0.266 e. The van der Waals surface area contributed by atoms with E-state index in [1.807, 2.05) is 23.6 Å². The molecule has 7 heteroatoms. The van der Waals surface area contributed by atoms with E-state index in [2.05, 4.69) is 5.32 Å². The van der Waals surface area contributed by atoms with Crippen molar-refractivity contribution >= 4 is 57.5 Å². The highest BCUT2D eigenvalue weighted by atomic mass is 32.2. The molecule has 2 amide bonds. The maximum Gasteiger partial charge on any atom is 0.266 e. The van der Waals surface area contributed by atoms with E-state index in [-0.39, 0.29) is 18.2 Å². The van der Waals surface area contributed by atoms with Crippen molar-refractivity contribution in [3.8, 4) is 0 Å². The quantitative estimate of drug-likeness (QED) is 0.683. The first kappa shape index (κ1) is 14.2. The predicted octanol–water partition coefficient (Wildman–Crippen LogP) is 2.09. The highest BCUT2D eigenvalue weighted by Crippen LogP contribution is 2.33. The van der Waals surface area contributed by atoms with Crippen molar-refractivity contribution in [2.45, 2.75) is 6.42 Å². The van der Waals surface area contributed by atoms with E-state index in [1.54, 1.807) is 18.4 Å². The van der Waals surface area contributed by atoms with Crippen molar-refractivity contribution in [1.82, 2.24) is 10.2 Å². The fourth-order valence-corrected chi connectivity index (χ4v) is 3.57. The Morgan fingerprint density at radius 2 is 2.37 bits per heavy atom. The Morgan fingerprint density at radius 3 is 3.00 bits per heavy atom. The highest BCUT2D eigenvalue weighted by Gasteiger charge is 2.31. The lowest BCUT2D eigenvalue weighted by Crippen LogP contribution is -2.32. The van der Waals surface area contributed by atoms with Crippen LogP contribution in [-0.4, -0.2) is 34.6 Å². The number of amides is 2. The summed E-state index contributed by atoms with van der Waals surface area (Å²) in [4.78, 5) is 26.5. The number of nitrogens with zero attached hydrogens (tertiary/aromatic N) is 1. The second-order valence-corrected chi connectivity index (χ2v) is 6.43. The van der Waals surface area contributed by atoms with Crippen molar-refractivity contribution in [2.75, 3.05) is 13.6 Å². The molecular weight excluding hydrogens is 300 g/mol. The van der Waals surface area contributed by atoms with Crippen LogP contribution >= 0.6 is 35.3 Å². The summed E-state index contributed by atoms with van der Waals surface area (Å²) in [5, 5.41) is 4.48. The summed E-state index contributed by atoms with van der Waals surface area (Å²) in [6.07, 6.45) is 2.10. The summed E-state index contributed by atoms with van der Waals surface area (Å²) in [5.41, 5.74) is 0. The van der Waals surface area contributed by atoms with E-state index < -0.39 is 0 Å². The number of thiocarbonyl (C=S) groups is 1. The molecule has 0 saturated carbocycles. The van der Waals surface area contributed by atoms with Crippen LogP contribution in [0.4, 0.5) is 0 Å². The molecule has 1 N–H and O–H groups in total. The number of hydrogen-bond donors (Lipinski definition) is 1. The number of thioether (sulfide) groups is 1. The van der Waals surface area contributed by atoms with Crippen LogP contribution in [0.15, 0.2) is 22.4 Å². The molecule has 4 nitrogen and oxygen atoms in total. The Labute approximate surface area is 124 Å². The SMILES string of the molecule is CNC(=O)CCN1C(=O)/C(=C\c2cccs2)SC1=S. The first-order chi connectivity index (χ1) is 9.11. The average Bonchev–Trinajstić information content (AvgIpc) is 2.98. The number of carbonyl (C=O) groups is 2. The lowest BCUT2D eigenvalue weighted by Gasteiger charge is -2.13. The van der Waals surface area contributed by atoms with Gasteiger partial charge in [-0.15, -0.1) is 11.3 Å². The van der Waals surface area contributed by atoms with Crippen LogP contribution in [0.2, 0.25) is 0 Å². The van der Waals surface area contributed by atoms with Crippen LogP contribution in [0.25, 0.3) is 6.08 Å². The van der Waals surface area contributed by atoms with Gasteiger partial charge in [0.05, 0.1) is 4.91 Å². The summed E-state index contributed by atoms with van der Waals surface area (Å²) in [5.74, 6) is -0.219. The van der Waals surface area contributed by atoms with E-state index in [0.717, 1.165) is 4.88 Å². The van der Waals surface area contributed by atoms with Gasteiger partial charge in [0.25, 0.3) is 5.91 Å². The lowest BCUT2D eigenvalue weighted by atomic mass is 10.3. The molecule has 1 aliphatic heterocycles. The van der Waals surface area contributed by atoms with Gasteiger partial charge in [-0.1, -0.05) is 30.0 Å². The molecule has 0 bridgehead atoms. The zero-order valence-corrected chi connectivity index (χ0v) is 12.7. The fourth-order valence-electron chi connectivity index (χ4n) is 1.53. The predicted molar refractivity (Wildman–Crippen MR) is 82.9 cm³/mol. The Bertz CT molecular complexity index is 537. The molecule has 0 atom stereocenters. The topological polar surface area (TPSA) is 49.4 Å². The van der Waals surface area contributed by atoms with Gasteiger partial charge in [0.15, 0.2) is 0 Å². The van der Waals surface area contributed by atoms with Crippen LogP contribution in [0.5, 0.6) is 0 Å². The number of nitrogens with one attached hydrogen (secondary N) is 1. The van der Waals surface area contributed by atoms with E-state index in [9.17, 15) is 9.59 Å². The zero-order valence-electron chi connectivity index (χ0n) is 10.2. The Hall–Kier alpha value is -1.18. The van der Waals surface area contributed by atoms with Gasteiger partial charge in [-0.2, -0.15) is 0 Å². The number of hydrogen-bond acceptors (Lipinski definition) is 5. The first-order valence-corrected chi connectivity index (χ1v) is 7.71. The number of rotatable bonds is 4. The van der Waals surface area contributed by atoms with Crippen molar-refractivity contribution in [3.63, 3.8) is 0 Å². The Kier molecular flexibility index (Phi) is 4.73. The van der Waals surface area contributed by atoms with E-state index >= 15 is 0 Å². The van der Waals surface area contributed by atoms with E-state index in [4.69, 9.17) is 12.2 Å². The molecule has 1 aromatic rings. The molecule has 100 valence electrons. The lowest BCUT2D eigenvalue weighted by molar-refractivity contribution is -0.123. The molecule has 1 aliphatic rings. The van der Waals surface area contributed by atoms with Gasteiger partial charge < -0.3 is 5.32 Å². The largest absolute Gasteiger partial charge is 0.359 e. The maximum atomic E-state index is 12.2. The summed E-state index contributed by atoms with van der Waals surface area (Å²) < 4.78 is 0.511. The molecule has 1 saturated heterocycles. The molecular formula is C12H12N2O2S3. The van der Waals surface area contributed by atoms with Gasteiger partial charge in [-0.25, -0.2) is 0 Å². The molecule has 0 aliphatic carbocycles. The fraction of sp³-hybridized carbons (Fsp3) is 0.250. The summed E-state index contributed by atoms with van der Waals surface area (Å²) in [6, 6.07) is 3.88. The van der Waals surface area contributed by atoms with Gasteiger partial charge in [0, 0.05) is 24.9 Å². The third-order valence-corrected chi connectivity index (χ3v) is 4.73. The van der Waals surface area contributed by atoms with Gasteiger partial charge in [0.2, 0.25) is 5.91 Å². The molecule has 2 rings (SSSR count). The van der Waals surface area contributed by atoms with E-state index in [1.165, 1.54) is 16.7 Å². The first-order valence-electron chi connectivity index (χ1n) is 5.61. The molecule has 2 heterocycles. The monoisotopic (exact) mass is 312 g/mol. The van der Waals surface area contributed by atoms with Crippen LogP contribution in [-0.2, 0) is 9.59 Å². The Morgan fingerprint density at radius 1 is 1.58 bits per heavy atom. The molecule has 0 radical (unpaired) electrons. The second-order valence-electron chi connectivity index (χ2n) is 3.77. The molecule has 1 fully saturated rings. The standard InChI is InChI=1S/C12H12N2O2S3/c1-13-10(15)4-5-14-11(16)9(19-12(14)17)7-8-3-2-6-18-8/h2-3,6-7H,4-5H2,1H3,(H,13,15)/b9-7+. The summed E-state index contributed by atoms with van der Waals surface area (Å²) >= 11 is 8.03. The van der Waals surface area contributed by atoms with Crippen LogP contribution in [0.3, 0.4) is 0 Å². The molecule has 1 aromatic heterocycles. The minimum absolute atomic E-state index is 0.101. The van der Waals surface area contributed by atoms with Crippen molar-refractivity contribution < 1.29 is 9.59 Å². The van der Waals surface area contributed by atoms with Gasteiger partial charge in [-0.3, -0.25) is 14.5 Å². The van der Waals surface area contributed by atoms with Gasteiger partial charge >= 0.3 is 0 Å². The maximum absolute atomic E-state index is 12.2. The van der Waals surface area contributed by atoms with Gasteiger partial charge in [-0.05, 0) is 17.5 Å². The van der Waals surface area contributed by atoms with Crippen molar-refractivity contribution in [1.29, 1.82) is 0 Å². The number of thiophene rings is 1. The third kappa shape index (κ3) is 3.43. The molecule has 0 unspecified atom stereocenters. The summed E-state index contributed by atoms with van der Waals surface area (Å²) in [7, 11) is 1.57. The van der Waals surface area contributed by atoms with E-state index in [0.29, 0.717) is 15.8 Å². The normalized spacial score (nSPS) is 17.3. The van der Waals surface area contributed by atoms with Crippen molar-refractivity contribution in [2.24, 2.45) is 0 Å². The minimum atomic E-state index is -0.118. The second kappa shape index (κ2) is 6.31. The van der Waals surface area contributed by atoms with Crippen molar-refractivity contribution in [3.05, 3.63) is 27.3 Å².